The van der Waals surface area contributed by atoms with Crippen LogP contribution in [0.4, 0.5) is 0 Å². The lowest BCUT2D eigenvalue weighted by atomic mass is 9.87. The average molecular weight is 313 g/mol. The van der Waals surface area contributed by atoms with Gasteiger partial charge in [-0.25, -0.2) is 0 Å². The van der Waals surface area contributed by atoms with Crippen molar-refractivity contribution in [1.29, 1.82) is 0 Å². The van der Waals surface area contributed by atoms with E-state index in [0.717, 1.165) is 24.2 Å². The zero-order chi connectivity index (χ0) is 16.4. The minimum Gasteiger partial charge on any atom is -0.466 e. The lowest BCUT2D eigenvalue weighted by molar-refractivity contribution is 0.0461. The molecule has 23 heavy (non-hydrogen) atoms. The number of carbonyl (C=O) groups excluding carboxylic acids is 1. The van der Waals surface area contributed by atoms with Gasteiger partial charge in [0.05, 0.1) is 11.7 Å². The van der Waals surface area contributed by atoms with E-state index in [1.807, 2.05) is 55.1 Å². The van der Waals surface area contributed by atoms with Crippen molar-refractivity contribution in [3.63, 3.8) is 0 Å². The first-order chi connectivity index (χ1) is 11.1. The van der Waals surface area contributed by atoms with Crippen molar-refractivity contribution < 1.29 is 14.3 Å². The molecule has 122 valence electrons. The van der Waals surface area contributed by atoms with Crippen LogP contribution in [0.25, 0.3) is 0 Å². The summed E-state index contributed by atoms with van der Waals surface area (Å²) in [7, 11) is 0. The highest BCUT2D eigenvalue weighted by Crippen LogP contribution is 2.31. The Hall–Kier alpha value is -2.07. The van der Waals surface area contributed by atoms with E-state index in [1.54, 1.807) is 0 Å². The Bertz CT molecular complexity index is 669. The van der Waals surface area contributed by atoms with Crippen molar-refractivity contribution in [1.82, 2.24) is 4.90 Å². The quantitative estimate of drug-likeness (QED) is 0.944. The molecule has 1 fully saturated rings. The van der Waals surface area contributed by atoms with Crippen LogP contribution in [0, 0.1) is 19.8 Å². The third-order valence-electron chi connectivity index (χ3n) is 4.69. The van der Waals surface area contributed by atoms with E-state index in [-0.39, 0.29) is 11.8 Å². The number of benzene rings is 1. The number of piperidine rings is 1. The van der Waals surface area contributed by atoms with Crippen LogP contribution in [0.2, 0.25) is 0 Å². The standard InChI is InChI=1S/C19H23NO3/c1-13-12-17(14(2)23-13)19(22)20-10-8-16(9-11-20)18(21)15-6-4-3-5-7-15/h3-7,12,16,18,21H,8-11H2,1-2H3/t18-/m0/s1. The summed E-state index contributed by atoms with van der Waals surface area (Å²) < 4.78 is 5.46. The summed E-state index contributed by atoms with van der Waals surface area (Å²) in [5.41, 5.74) is 1.61. The molecular weight excluding hydrogens is 290 g/mol. The molecule has 2 heterocycles. The molecule has 0 aliphatic carbocycles. The van der Waals surface area contributed by atoms with Crippen molar-refractivity contribution in [3.8, 4) is 0 Å². The highest BCUT2D eigenvalue weighted by atomic mass is 16.3. The van der Waals surface area contributed by atoms with Gasteiger partial charge in [-0.3, -0.25) is 4.79 Å². The molecule has 4 heteroatoms. The highest BCUT2D eigenvalue weighted by Gasteiger charge is 2.29. The predicted molar refractivity (Wildman–Crippen MR) is 88.2 cm³/mol. The first kappa shape index (κ1) is 15.8. The minimum atomic E-state index is -0.452. The number of likely N-dealkylation sites (tertiary alicyclic amines) is 1. The molecule has 1 aliphatic heterocycles. The number of amides is 1. The molecular formula is C19H23NO3. The molecule has 0 bridgehead atoms. The van der Waals surface area contributed by atoms with Crippen LogP contribution in [-0.2, 0) is 0 Å². The molecule has 2 aromatic rings. The largest absolute Gasteiger partial charge is 0.466 e. The summed E-state index contributed by atoms with van der Waals surface area (Å²) in [6, 6.07) is 11.6. The maximum atomic E-state index is 12.6. The van der Waals surface area contributed by atoms with Crippen molar-refractivity contribution >= 4 is 5.91 Å². The van der Waals surface area contributed by atoms with Crippen molar-refractivity contribution in [3.05, 3.63) is 59.0 Å². The van der Waals surface area contributed by atoms with Crippen LogP contribution in [0.3, 0.4) is 0 Å². The summed E-state index contributed by atoms with van der Waals surface area (Å²) in [4.78, 5) is 14.5. The van der Waals surface area contributed by atoms with Crippen molar-refractivity contribution in [2.24, 2.45) is 5.92 Å². The Morgan fingerprint density at radius 1 is 1.22 bits per heavy atom. The molecule has 1 aromatic carbocycles. The fourth-order valence-corrected chi connectivity index (χ4v) is 3.35. The van der Waals surface area contributed by atoms with Gasteiger partial charge in [0.1, 0.15) is 11.5 Å². The van der Waals surface area contributed by atoms with E-state index in [0.29, 0.717) is 24.4 Å². The van der Waals surface area contributed by atoms with Crippen LogP contribution in [-0.4, -0.2) is 29.0 Å². The average Bonchev–Trinajstić information content (AvgIpc) is 2.93. The maximum absolute atomic E-state index is 12.6. The second-order valence-corrected chi connectivity index (χ2v) is 6.31. The first-order valence-corrected chi connectivity index (χ1v) is 8.15. The van der Waals surface area contributed by atoms with Gasteiger partial charge in [-0.15, -0.1) is 0 Å². The Kier molecular flexibility index (Phi) is 4.53. The van der Waals surface area contributed by atoms with Crippen LogP contribution in [0.5, 0.6) is 0 Å². The monoisotopic (exact) mass is 313 g/mol. The number of aryl methyl sites for hydroxylation is 2. The molecule has 0 spiro atoms. The van der Waals surface area contributed by atoms with E-state index in [9.17, 15) is 9.90 Å². The smallest absolute Gasteiger partial charge is 0.257 e. The summed E-state index contributed by atoms with van der Waals surface area (Å²) in [6.07, 6.45) is 1.18. The third-order valence-corrected chi connectivity index (χ3v) is 4.69. The van der Waals surface area contributed by atoms with Gasteiger partial charge in [0, 0.05) is 13.1 Å². The number of aliphatic hydroxyl groups excluding tert-OH is 1. The number of hydrogen-bond donors (Lipinski definition) is 1. The topological polar surface area (TPSA) is 53.7 Å². The zero-order valence-electron chi connectivity index (χ0n) is 13.7. The summed E-state index contributed by atoms with van der Waals surface area (Å²) in [6.45, 7) is 5.03. The van der Waals surface area contributed by atoms with E-state index in [2.05, 4.69) is 0 Å². The van der Waals surface area contributed by atoms with Gasteiger partial charge in [0.2, 0.25) is 0 Å². The fraction of sp³-hybridized carbons (Fsp3) is 0.421. The number of aliphatic hydroxyl groups is 1. The molecule has 4 nitrogen and oxygen atoms in total. The van der Waals surface area contributed by atoms with Gasteiger partial charge < -0.3 is 14.4 Å². The second kappa shape index (κ2) is 6.59. The molecule has 0 saturated carbocycles. The van der Waals surface area contributed by atoms with Gasteiger partial charge in [-0.2, -0.15) is 0 Å². The molecule has 3 rings (SSSR count). The Morgan fingerprint density at radius 2 is 1.87 bits per heavy atom. The number of nitrogens with zero attached hydrogens (tertiary/aromatic N) is 1. The number of carbonyl (C=O) groups is 1. The molecule has 1 aliphatic rings. The van der Waals surface area contributed by atoms with Gasteiger partial charge in [-0.05, 0) is 44.2 Å². The highest BCUT2D eigenvalue weighted by molar-refractivity contribution is 5.95. The Labute approximate surface area is 136 Å². The molecule has 0 radical (unpaired) electrons. The van der Waals surface area contributed by atoms with Gasteiger partial charge >= 0.3 is 0 Å². The van der Waals surface area contributed by atoms with Crippen LogP contribution >= 0.6 is 0 Å². The first-order valence-electron chi connectivity index (χ1n) is 8.15. The van der Waals surface area contributed by atoms with E-state index >= 15 is 0 Å². The molecule has 1 atom stereocenters. The number of rotatable bonds is 3. The van der Waals surface area contributed by atoms with Crippen molar-refractivity contribution in [2.45, 2.75) is 32.8 Å². The molecule has 1 amide bonds. The normalized spacial score (nSPS) is 17.3. The minimum absolute atomic E-state index is 0.0343. The van der Waals surface area contributed by atoms with Gasteiger partial charge in [0.25, 0.3) is 5.91 Å². The fourth-order valence-electron chi connectivity index (χ4n) is 3.35. The second-order valence-electron chi connectivity index (χ2n) is 6.31. The van der Waals surface area contributed by atoms with Crippen LogP contribution in [0.15, 0.2) is 40.8 Å². The van der Waals surface area contributed by atoms with E-state index < -0.39 is 6.10 Å². The maximum Gasteiger partial charge on any atom is 0.257 e. The Balaban J connectivity index is 1.62. The molecule has 1 N–H and O–H groups in total. The lowest BCUT2D eigenvalue weighted by Crippen LogP contribution is -2.39. The SMILES string of the molecule is Cc1cc(C(=O)N2CCC([C@@H](O)c3ccccc3)CC2)c(C)o1. The summed E-state index contributed by atoms with van der Waals surface area (Å²) in [5.74, 6) is 1.68. The predicted octanol–water partition coefficient (Wildman–Crippen LogP) is 3.48. The molecule has 1 saturated heterocycles. The van der Waals surface area contributed by atoms with E-state index in [1.165, 1.54) is 0 Å². The Morgan fingerprint density at radius 3 is 2.43 bits per heavy atom. The van der Waals surface area contributed by atoms with Crippen molar-refractivity contribution in [2.75, 3.05) is 13.1 Å². The summed E-state index contributed by atoms with van der Waals surface area (Å²) >= 11 is 0. The number of furan rings is 1. The molecule has 0 unspecified atom stereocenters. The molecule has 1 aromatic heterocycles. The lowest BCUT2D eigenvalue weighted by Gasteiger charge is -2.34. The third kappa shape index (κ3) is 3.32. The van der Waals surface area contributed by atoms with E-state index in [4.69, 9.17) is 4.42 Å². The van der Waals surface area contributed by atoms with Gasteiger partial charge in [-0.1, -0.05) is 30.3 Å². The van der Waals surface area contributed by atoms with Crippen LogP contribution in [0.1, 0.15) is 46.4 Å². The summed E-state index contributed by atoms with van der Waals surface area (Å²) in [5, 5.41) is 10.5. The van der Waals surface area contributed by atoms with Gasteiger partial charge in [0.15, 0.2) is 0 Å². The van der Waals surface area contributed by atoms with Crippen LogP contribution < -0.4 is 0 Å². The number of hydrogen-bond acceptors (Lipinski definition) is 3. The zero-order valence-corrected chi connectivity index (χ0v) is 13.7.